The number of fused-ring (bicyclic) bond motifs is 1. The van der Waals surface area contributed by atoms with Gasteiger partial charge in [-0.25, -0.2) is 4.39 Å². The number of amides is 1. The maximum atomic E-state index is 13.9. The van der Waals surface area contributed by atoms with Crippen molar-refractivity contribution in [3.05, 3.63) is 83.4 Å². The lowest BCUT2D eigenvalue weighted by molar-refractivity contribution is -0.274. The van der Waals surface area contributed by atoms with E-state index in [4.69, 9.17) is 0 Å². The van der Waals surface area contributed by atoms with Gasteiger partial charge in [-0.2, -0.15) is 0 Å². The Morgan fingerprint density at radius 2 is 1.85 bits per heavy atom. The minimum absolute atomic E-state index is 0.168. The summed E-state index contributed by atoms with van der Waals surface area (Å²) in [6.07, 6.45) is 1.10. The number of carbonyl (C=O) groups is 1. The van der Waals surface area contributed by atoms with Crippen molar-refractivity contribution >= 4 is 16.8 Å². The molecule has 1 aliphatic carbocycles. The highest BCUT2D eigenvalue weighted by Crippen LogP contribution is 2.39. The van der Waals surface area contributed by atoms with Crippen molar-refractivity contribution in [1.82, 2.24) is 15.3 Å². The molecule has 4 aromatic rings. The second-order valence-electron chi connectivity index (χ2n) is 9.97. The van der Waals surface area contributed by atoms with Crippen LogP contribution in [0.1, 0.15) is 60.1 Å². The maximum absolute atomic E-state index is 13.9. The highest BCUT2D eigenvalue weighted by Gasteiger charge is 2.33. The van der Waals surface area contributed by atoms with E-state index in [1.807, 2.05) is 13.0 Å². The summed E-state index contributed by atoms with van der Waals surface area (Å²) in [6, 6.07) is 14.1. The molecule has 2 aromatic carbocycles. The first-order chi connectivity index (χ1) is 18.7. The number of hydrogen-bond donors (Lipinski definition) is 2. The Bertz CT molecular complexity index is 1470. The third kappa shape index (κ3) is 6.08. The van der Waals surface area contributed by atoms with Gasteiger partial charge in [0.1, 0.15) is 11.6 Å². The lowest BCUT2D eigenvalue weighted by Gasteiger charge is -2.29. The summed E-state index contributed by atoms with van der Waals surface area (Å²) in [5.41, 5.74) is 3.36. The van der Waals surface area contributed by atoms with Gasteiger partial charge in [-0.05, 0) is 92.0 Å². The quantitative estimate of drug-likeness (QED) is 0.239. The fourth-order valence-electron chi connectivity index (χ4n) is 5.48. The van der Waals surface area contributed by atoms with Gasteiger partial charge in [-0.3, -0.25) is 9.78 Å². The van der Waals surface area contributed by atoms with Gasteiger partial charge in [-0.15, -0.1) is 13.2 Å². The molecule has 5 rings (SSSR count). The fourth-order valence-corrected chi connectivity index (χ4v) is 5.48. The predicted molar refractivity (Wildman–Crippen MR) is 141 cm³/mol. The number of para-hydroxylation sites is 1. The molecule has 0 unspecified atom stereocenters. The summed E-state index contributed by atoms with van der Waals surface area (Å²) in [6.45, 7) is 2.36. The van der Waals surface area contributed by atoms with Crippen LogP contribution in [-0.2, 0) is 6.42 Å². The molecule has 0 bridgehead atoms. The smallest absolute Gasteiger partial charge is 0.405 e. The lowest BCUT2D eigenvalue weighted by Crippen LogP contribution is -2.31. The van der Waals surface area contributed by atoms with E-state index in [1.165, 1.54) is 24.3 Å². The Kier molecular flexibility index (Phi) is 7.59. The van der Waals surface area contributed by atoms with Crippen molar-refractivity contribution in [3.8, 4) is 17.0 Å². The monoisotopic (exact) mass is 539 g/mol. The van der Waals surface area contributed by atoms with Crippen LogP contribution in [0.3, 0.4) is 0 Å². The van der Waals surface area contributed by atoms with Gasteiger partial charge < -0.3 is 15.0 Å². The Morgan fingerprint density at radius 1 is 1.08 bits per heavy atom. The zero-order valence-corrected chi connectivity index (χ0v) is 21.4. The first-order valence-electron chi connectivity index (χ1n) is 13.1. The van der Waals surface area contributed by atoms with Gasteiger partial charge >= 0.3 is 6.36 Å². The largest absolute Gasteiger partial charge is 0.573 e. The Balaban J connectivity index is 1.26. The third-order valence-electron chi connectivity index (χ3n) is 7.46. The molecule has 1 saturated carbocycles. The normalized spacial score (nSPS) is 17.8. The van der Waals surface area contributed by atoms with E-state index in [1.54, 1.807) is 30.5 Å². The van der Waals surface area contributed by atoms with Gasteiger partial charge in [0.15, 0.2) is 0 Å². The molecule has 2 N–H and O–H groups in total. The number of halogens is 4. The van der Waals surface area contributed by atoms with Crippen molar-refractivity contribution in [2.24, 2.45) is 5.92 Å². The van der Waals surface area contributed by atoms with Crippen LogP contribution in [0, 0.1) is 11.7 Å². The minimum Gasteiger partial charge on any atom is -0.405 e. The van der Waals surface area contributed by atoms with E-state index in [9.17, 15) is 22.4 Å². The Hall–Kier alpha value is -3.88. The molecule has 2 heterocycles. The van der Waals surface area contributed by atoms with Crippen LogP contribution in [0.2, 0.25) is 0 Å². The van der Waals surface area contributed by atoms with Crippen molar-refractivity contribution < 1.29 is 27.1 Å². The average molecular weight is 540 g/mol. The SMILES string of the molecule is CCc1cc(C(=O)NCC2CCC(c3ccnc4ccc(F)cc34)CC2)c(-c2ccccc2OC(F)(F)F)[nH]1. The van der Waals surface area contributed by atoms with Gasteiger partial charge in [0, 0.05) is 29.4 Å². The standard InChI is InChI=1S/C30H29F4N3O2/c1-2-21-16-25(28(37-21)23-5-3-4-6-27(23)39-30(32,33)34)29(38)36-17-18-7-9-19(10-8-18)22-13-14-35-26-12-11-20(31)15-24(22)26/h3-6,11-16,18-19,37H,2,7-10,17H2,1H3,(H,36,38). The third-order valence-corrected chi connectivity index (χ3v) is 7.46. The molecule has 39 heavy (non-hydrogen) atoms. The number of nitrogens with one attached hydrogen (secondary N) is 2. The molecule has 0 saturated heterocycles. The number of hydrogen-bond acceptors (Lipinski definition) is 3. The van der Waals surface area contributed by atoms with E-state index >= 15 is 0 Å². The maximum Gasteiger partial charge on any atom is 0.573 e. The molecule has 0 atom stereocenters. The topological polar surface area (TPSA) is 67.0 Å². The number of alkyl halides is 3. The van der Waals surface area contributed by atoms with Gasteiger partial charge in [0.05, 0.1) is 16.8 Å². The number of carbonyl (C=O) groups excluding carboxylic acids is 1. The number of rotatable bonds is 7. The zero-order chi connectivity index (χ0) is 27.6. The predicted octanol–water partition coefficient (Wildman–Crippen LogP) is 7.53. The number of aryl methyl sites for hydroxylation is 1. The lowest BCUT2D eigenvalue weighted by atomic mass is 9.78. The molecule has 1 fully saturated rings. The Morgan fingerprint density at radius 3 is 2.59 bits per heavy atom. The highest BCUT2D eigenvalue weighted by atomic mass is 19.4. The molecule has 1 aliphatic rings. The molecule has 9 heteroatoms. The first-order valence-corrected chi connectivity index (χ1v) is 13.1. The summed E-state index contributed by atoms with van der Waals surface area (Å²) >= 11 is 0. The van der Waals surface area contributed by atoms with Crippen molar-refractivity contribution in [2.75, 3.05) is 6.54 Å². The number of aromatic amines is 1. The summed E-state index contributed by atoms with van der Waals surface area (Å²) in [5.74, 6) is -0.441. The molecule has 0 spiro atoms. The van der Waals surface area contributed by atoms with Crippen LogP contribution < -0.4 is 10.1 Å². The van der Waals surface area contributed by atoms with Crippen LogP contribution in [0.25, 0.3) is 22.2 Å². The van der Waals surface area contributed by atoms with Crippen molar-refractivity contribution in [1.29, 1.82) is 0 Å². The van der Waals surface area contributed by atoms with Gasteiger partial charge in [0.25, 0.3) is 5.91 Å². The zero-order valence-electron chi connectivity index (χ0n) is 21.4. The van der Waals surface area contributed by atoms with Crippen LogP contribution in [0.15, 0.2) is 60.8 Å². The highest BCUT2D eigenvalue weighted by molar-refractivity contribution is 6.01. The Labute approximate surface area is 223 Å². The van der Waals surface area contributed by atoms with Crippen LogP contribution in [0.5, 0.6) is 5.75 Å². The second-order valence-corrected chi connectivity index (χ2v) is 9.97. The molecule has 0 aliphatic heterocycles. The van der Waals surface area contributed by atoms with E-state index in [-0.39, 0.29) is 40.4 Å². The van der Waals surface area contributed by atoms with Crippen LogP contribution >= 0.6 is 0 Å². The summed E-state index contributed by atoms with van der Waals surface area (Å²) < 4.78 is 57.1. The van der Waals surface area contributed by atoms with E-state index in [2.05, 4.69) is 20.0 Å². The first kappa shape index (κ1) is 26.7. The van der Waals surface area contributed by atoms with Crippen LogP contribution in [0.4, 0.5) is 17.6 Å². The van der Waals surface area contributed by atoms with Gasteiger partial charge in [0.2, 0.25) is 0 Å². The number of ether oxygens (including phenoxy) is 1. The molecule has 204 valence electrons. The fraction of sp³-hybridized carbons (Fsp3) is 0.333. The molecule has 5 nitrogen and oxygen atoms in total. The van der Waals surface area contributed by atoms with E-state index < -0.39 is 6.36 Å². The van der Waals surface area contributed by atoms with Crippen molar-refractivity contribution in [3.63, 3.8) is 0 Å². The number of nitrogens with zero attached hydrogens (tertiary/aromatic N) is 1. The van der Waals surface area contributed by atoms with E-state index in [0.717, 1.165) is 47.8 Å². The molecule has 1 amide bonds. The van der Waals surface area contributed by atoms with E-state index in [0.29, 0.717) is 18.7 Å². The minimum atomic E-state index is -4.85. The van der Waals surface area contributed by atoms with Crippen LogP contribution in [-0.4, -0.2) is 28.8 Å². The van der Waals surface area contributed by atoms with Gasteiger partial charge in [-0.1, -0.05) is 19.1 Å². The summed E-state index contributed by atoms with van der Waals surface area (Å²) in [7, 11) is 0. The molecular formula is C30H29F4N3O2. The summed E-state index contributed by atoms with van der Waals surface area (Å²) in [5, 5.41) is 3.84. The second kappa shape index (κ2) is 11.1. The summed E-state index contributed by atoms with van der Waals surface area (Å²) in [4.78, 5) is 20.7. The average Bonchev–Trinajstić information content (AvgIpc) is 3.36. The number of pyridine rings is 1. The number of H-pyrrole nitrogens is 1. The number of benzene rings is 2. The molecular weight excluding hydrogens is 510 g/mol. The molecule has 0 radical (unpaired) electrons. The molecule has 2 aromatic heterocycles. The number of aromatic nitrogens is 2. The van der Waals surface area contributed by atoms with Crippen molar-refractivity contribution in [2.45, 2.75) is 51.3 Å².